The largest absolute Gasteiger partial charge is 0.497 e. The third-order valence-corrected chi connectivity index (χ3v) is 2.57. The van der Waals surface area contributed by atoms with Crippen LogP contribution in [0.2, 0.25) is 0 Å². The highest BCUT2D eigenvalue weighted by Crippen LogP contribution is 2.16. The van der Waals surface area contributed by atoms with E-state index in [1.54, 1.807) is 19.3 Å². The minimum Gasteiger partial charge on any atom is -0.497 e. The first-order valence-electron chi connectivity index (χ1n) is 6.12. The van der Waals surface area contributed by atoms with Crippen molar-refractivity contribution < 1.29 is 14.3 Å². The second kappa shape index (κ2) is 8.48. The van der Waals surface area contributed by atoms with E-state index in [4.69, 9.17) is 9.47 Å². The zero-order valence-corrected chi connectivity index (χ0v) is 10.9. The van der Waals surface area contributed by atoms with Gasteiger partial charge in [-0.05, 0) is 43.0 Å². The summed E-state index contributed by atoms with van der Waals surface area (Å²) >= 11 is 0. The summed E-state index contributed by atoms with van der Waals surface area (Å²) in [6, 6.07) is 5.44. The molecule has 0 spiro atoms. The van der Waals surface area contributed by atoms with Crippen molar-refractivity contribution in [2.45, 2.75) is 19.3 Å². The first-order valence-corrected chi connectivity index (χ1v) is 6.12. The quantitative estimate of drug-likeness (QED) is 0.607. The Morgan fingerprint density at radius 2 is 2.06 bits per heavy atom. The number of carbonyl (C=O) groups excluding carboxylic acids is 1. The fourth-order valence-corrected chi connectivity index (χ4v) is 1.67. The molecule has 1 aromatic carbocycles. The first kappa shape index (κ1) is 14.5. The highest BCUT2D eigenvalue weighted by Gasteiger charge is 1.98. The van der Waals surface area contributed by atoms with E-state index in [0.29, 0.717) is 11.3 Å². The molecule has 1 heterocycles. The van der Waals surface area contributed by atoms with Crippen molar-refractivity contribution in [2.24, 2.45) is 0 Å². The van der Waals surface area contributed by atoms with Gasteiger partial charge in [-0.3, -0.25) is 4.79 Å². The van der Waals surface area contributed by atoms with E-state index in [-0.39, 0.29) is 0 Å². The van der Waals surface area contributed by atoms with Crippen LogP contribution in [0.25, 0.3) is 0 Å². The van der Waals surface area contributed by atoms with E-state index >= 15 is 0 Å². The van der Waals surface area contributed by atoms with E-state index in [1.165, 1.54) is 12.8 Å². The maximum Gasteiger partial charge on any atom is 0.150 e. The predicted octanol–water partition coefficient (Wildman–Crippen LogP) is 3.03. The molecular weight excluding hydrogens is 228 g/mol. The molecule has 0 aromatic heterocycles. The van der Waals surface area contributed by atoms with Crippen LogP contribution in [0.5, 0.6) is 5.75 Å². The minimum absolute atomic E-state index is 0.635. The Hall–Kier alpha value is -1.61. The van der Waals surface area contributed by atoms with Gasteiger partial charge >= 0.3 is 0 Å². The van der Waals surface area contributed by atoms with Crippen molar-refractivity contribution in [3.63, 3.8) is 0 Å². The molecule has 98 valence electrons. The van der Waals surface area contributed by atoms with Crippen LogP contribution in [-0.2, 0) is 11.2 Å². The molecular formula is C15H20O3. The van der Waals surface area contributed by atoms with Crippen LogP contribution in [0.4, 0.5) is 0 Å². The molecule has 18 heavy (non-hydrogen) atoms. The molecule has 1 aromatic rings. The normalized spacial score (nSPS) is 13.4. The molecule has 2 rings (SSSR count). The molecule has 1 aliphatic rings. The molecule has 0 aliphatic carbocycles. The third kappa shape index (κ3) is 5.15. The van der Waals surface area contributed by atoms with Gasteiger partial charge in [0.05, 0.1) is 7.11 Å². The molecule has 0 amide bonds. The van der Waals surface area contributed by atoms with Gasteiger partial charge in [0.25, 0.3) is 0 Å². The van der Waals surface area contributed by atoms with Crippen LogP contribution in [0.1, 0.15) is 28.8 Å². The highest BCUT2D eigenvalue weighted by molar-refractivity contribution is 5.76. The van der Waals surface area contributed by atoms with Crippen LogP contribution in [0.15, 0.2) is 30.9 Å². The van der Waals surface area contributed by atoms with Crippen LogP contribution in [0.3, 0.4) is 0 Å². The summed E-state index contributed by atoms with van der Waals surface area (Å²) in [5.41, 5.74) is 1.67. The molecule has 3 nitrogen and oxygen atoms in total. The maximum atomic E-state index is 10.5. The van der Waals surface area contributed by atoms with Crippen molar-refractivity contribution in [1.82, 2.24) is 0 Å². The van der Waals surface area contributed by atoms with E-state index in [1.807, 2.05) is 12.1 Å². The average molecular weight is 248 g/mol. The van der Waals surface area contributed by atoms with E-state index < -0.39 is 0 Å². The zero-order valence-electron chi connectivity index (χ0n) is 10.9. The number of benzene rings is 1. The molecule has 0 atom stereocenters. The summed E-state index contributed by atoms with van der Waals surface area (Å²) in [5.74, 6) is 0.710. The monoisotopic (exact) mass is 248 g/mol. The summed E-state index contributed by atoms with van der Waals surface area (Å²) in [6.45, 7) is 5.64. The summed E-state index contributed by atoms with van der Waals surface area (Å²) in [5, 5.41) is 0. The number of methoxy groups -OCH3 is 1. The number of aldehydes is 1. The molecule has 1 saturated heterocycles. The van der Waals surface area contributed by atoms with Crippen LogP contribution < -0.4 is 4.74 Å². The van der Waals surface area contributed by atoms with Gasteiger partial charge in [0.1, 0.15) is 12.0 Å². The van der Waals surface area contributed by atoms with E-state index in [2.05, 4.69) is 6.58 Å². The van der Waals surface area contributed by atoms with Crippen LogP contribution in [0, 0.1) is 0 Å². The molecule has 0 N–H and O–H groups in total. The lowest BCUT2D eigenvalue weighted by atomic mass is 10.1. The standard InChI is InChI=1S/C11H12O2.C4H8O/c1-3-4-9-5-10(8-12)7-11(6-9)13-2;1-2-4-5-3-1/h3,5-8H,1,4H2,2H3;1-4H2. The number of hydrogen-bond donors (Lipinski definition) is 0. The molecule has 1 aliphatic heterocycles. The second-order valence-electron chi connectivity index (χ2n) is 4.04. The Balaban J connectivity index is 0.000000269. The number of allylic oxidation sites excluding steroid dienone is 1. The lowest BCUT2D eigenvalue weighted by Crippen LogP contribution is -1.90. The summed E-state index contributed by atoms with van der Waals surface area (Å²) in [6.07, 6.45) is 5.91. The lowest BCUT2D eigenvalue weighted by Gasteiger charge is -2.03. The fraction of sp³-hybridized carbons (Fsp3) is 0.400. The van der Waals surface area contributed by atoms with Crippen LogP contribution >= 0.6 is 0 Å². The Morgan fingerprint density at radius 1 is 1.33 bits per heavy atom. The zero-order chi connectivity index (χ0) is 13.2. The Morgan fingerprint density at radius 3 is 2.50 bits per heavy atom. The number of hydrogen-bond acceptors (Lipinski definition) is 3. The van der Waals surface area contributed by atoms with Gasteiger partial charge in [0.2, 0.25) is 0 Å². The fourth-order valence-electron chi connectivity index (χ4n) is 1.67. The van der Waals surface area contributed by atoms with Crippen molar-refractivity contribution in [1.29, 1.82) is 0 Å². The van der Waals surface area contributed by atoms with Crippen molar-refractivity contribution >= 4 is 6.29 Å². The molecule has 1 fully saturated rings. The molecule has 3 heteroatoms. The van der Waals surface area contributed by atoms with Gasteiger partial charge in [-0.1, -0.05) is 6.08 Å². The van der Waals surface area contributed by atoms with Gasteiger partial charge in [-0.2, -0.15) is 0 Å². The summed E-state index contributed by atoms with van der Waals surface area (Å²) < 4.78 is 9.99. The lowest BCUT2D eigenvalue weighted by molar-refractivity contribution is 0.112. The van der Waals surface area contributed by atoms with Crippen molar-refractivity contribution in [3.05, 3.63) is 42.0 Å². The topological polar surface area (TPSA) is 35.5 Å². The third-order valence-electron chi connectivity index (χ3n) is 2.57. The molecule has 0 bridgehead atoms. The molecule has 0 unspecified atom stereocenters. The van der Waals surface area contributed by atoms with Crippen molar-refractivity contribution in [3.8, 4) is 5.75 Å². The van der Waals surface area contributed by atoms with Crippen LogP contribution in [-0.4, -0.2) is 26.6 Å². The Bertz CT molecular complexity index is 374. The maximum absolute atomic E-state index is 10.5. The second-order valence-corrected chi connectivity index (χ2v) is 4.04. The van der Waals surface area contributed by atoms with E-state index in [0.717, 1.165) is 31.5 Å². The smallest absolute Gasteiger partial charge is 0.150 e. The summed E-state index contributed by atoms with van der Waals surface area (Å²) in [4.78, 5) is 10.5. The Kier molecular flexibility index (Phi) is 6.81. The number of carbonyl (C=O) groups is 1. The highest BCUT2D eigenvalue weighted by atomic mass is 16.5. The number of ether oxygens (including phenoxy) is 2. The summed E-state index contributed by atoms with van der Waals surface area (Å²) in [7, 11) is 1.58. The minimum atomic E-state index is 0.635. The Labute approximate surface area is 108 Å². The number of rotatable bonds is 4. The van der Waals surface area contributed by atoms with Gasteiger partial charge in [0.15, 0.2) is 0 Å². The molecule has 0 radical (unpaired) electrons. The first-order chi connectivity index (χ1) is 8.80. The van der Waals surface area contributed by atoms with Crippen molar-refractivity contribution in [2.75, 3.05) is 20.3 Å². The van der Waals surface area contributed by atoms with Gasteiger partial charge in [-0.25, -0.2) is 0 Å². The predicted molar refractivity (Wildman–Crippen MR) is 72.3 cm³/mol. The average Bonchev–Trinajstić information content (AvgIpc) is 2.97. The molecule has 0 saturated carbocycles. The van der Waals surface area contributed by atoms with Gasteiger partial charge in [0, 0.05) is 18.8 Å². The SMILES string of the molecule is C1CCOC1.C=CCc1cc(C=O)cc(OC)c1. The van der Waals surface area contributed by atoms with Gasteiger partial charge in [-0.15, -0.1) is 6.58 Å². The van der Waals surface area contributed by atoms with E-state index in [9.17, 15) is 4.79 Å². The van der Waals surface area contributed by atoms with Gasteiger partial charge < -0.3 is 9.47 Å².